The van der Waals surface area contributed by atoms with Crippen LogP contribution in [0.4, 0.5) is 0 Å². The number of amides is 1. The summed E-state index contributed by atoms with van der Waals surface area (Å²) in [5.74, 6) is 1.23. The lowest BCUT2D eigenvalue weighted by molar-refractivity contribution is -0.119. The van der Waals surface area contributed by atoms with Crippen molar-refractivity contribution in [3.63, 3.8) is 0 Å². The summed E-state index contributed by atoms with van der Waals surface area (Å²) in [4.78, 5) is 12.3. The first kappa shape index (κ1) is 19.7. The second-order valence-corrected chi connectivity index (χ2v) is 9.98. The van der Waals surface area contributed by atoms with Crippen molar-refractivity contribution in [2.75, 3.05) is 17.3 Å². The highest BCUT2D eigenvalue weighted by atomic mass is 32.2. The van der Waals surface area contributed by atoms with E-state index < -0.39 is 9.84 Å². The Bertz CT molecular complexity index is 1080. The van der Waals surface area contributed by atoms with Gasteiger partial charge in [-0.15, -0.1) is 10.2 Å². The first-order chi connectivity index (χ1) is 14.0. The van der Waals surface area contributed by atoms with Crippen LogP contribution in [0.3, 0.4) is 0 Å². The van der Waals surface area contributed by atoms with E-state index in [1.54, 1.807) is 12.3 Å². The zero-order valence-electron chi connectivity index (χ0n) is 15.5. The van der Waals surface area contributed by atoms with Crippen molar-refractivity contribution >= 4 is 27.5 Å². The number of carbonyl (C=O) groups is 1. The third kappa shape index (κ3) is 4.88. The summed E-state index contributed by atoms with van der Waals surface area (Å²) in [6.45, 7) is 0.536. The molecule has 29 heavy (non-hydrogen) atoms. The van der Waals surface area contributed by atoms with E-state index in [2.05, 4.69) is 15.5 Å². The second-order valence-electron chi connectivity index (χ2n) is 6.81. The van der Waals surface area contributed by atoms with Crippen LogP contribution in [0, 0.1) is 0 Å². The van der Waals surface area contributed by atoms with Crippen LogP contribution in [-0.2, 0) is 21.2 Å². The van der Waals surface area contributed by atoms with E-state index in [0.717, 1.165) is 5.56 Å². The summed E-state index contributed by atoms with van der Waals surface area (Å²) in [6.07, 6.45) is 2.04. The van der Waals surface area contributed by atoms with Crippen molar-refractivity contribution in [1.82, 2.24) is 20.1 Å². The van der Waals surface area contributed by atoms with Crippen LogP contribution < -0.4 is 5.32 Å². The first-order valence-corrected chi connectivity index (χ1v) is 11.9. The van der Waals surface area contributed by atoms with Crippen LogP contribution in [0.25, 0.3) is 11.6 Å². The number of furan rings is 1. The minimum atomic E-state index is -3.03. The van der Waals surface area contributed by atoms with E-state index in [9.17, 15) is 13.2 Å². The van der Waals surface area contributed by atoms with Gasteiger partial charge in [-0.3, -0.25) is 9.36 Å². The maximum atomic E-state index is 12.3. The number of rotatable bonds is 7. The van der Waals surface area contributed by atoms with Crippen LogP contribution in [0.2, 0.25) is 0 Å². The number of carbonyl (C=O) groups excluding carboxylic acids is 1. The van der Waals surface area contributed by atoms with Gasteiger partial charge >= 0.3 is 0 Å². The Labute approximate surface area is 172 Å². The highest BCUT2D eigenvalue weighted by molar-refractivity contribution is 7.99. The normalized spacial score (nSPS) is 18.0. The molecule has 8 nitrogen and oxygen atoms in total. The number of aromatic nitrogens is 3. The molecule has 1 unspecified atom stereocenters. The lowest BCUT2D eigenvalue weighted by Gasteiger charge is -2.11. The van der Waals surface area contributed by atoms with Gasteiger partial charge in [0.05, 0.1) is 30.1 Å². The van der Waals surface area contributed by atoms with E-state index in [4.69, 9.17) is 4.42 Å². The van der Waals surface area contributed by atoms with E-state index in [-0.39, 0.29) is 29.2 Å². The molecule has 3 aromatic rings. The second kappa shape index (κ2) is 8.42. The smallest absolute Gasteiger partial charge is 0.230 e. The standard InChI is InChI=1S/C19H20N4O4S2/c24-17(20-15-8-10-29(25,26)13-15)12-28-19-22-21-18(16-7-4-9-27-16)23(19)11-14-5-2-1-3-6-14/h1-7,9,15H,8,10-13H2,(H,20,24). The fourth-order valence-corrected chi connectivity index (χ4v) is 5.62. The van der Waals surface area contributed by atoms with E-state index in [1.807, 2.05) is 41.0 Å². The molecule has 152 valence electrons. The third-order valence-electron chi connectivity index (χ3n) is 4.57. The molecular formula is C19H20N4O4S2. The van der Waals surface area contributed by atoms with Gasteiger partial charge in [-0.05, 0) is 24.1 Å². The molecule has 0 radical (unpaired) electrons. The molecular weight excluding hydrogens is 412 g/mol. The van der Waals surface area contributed by atoms with Gasteiger partial charge in [-0.25, -0.2) is 8.42 Å². The van der Waals surface area contributed by atoms with Crippen LogP contribution in [0.5, 0.6) is 0 Å². The molecule has 10 heteroatoms. The number of nitrogens with one attached hydrogen (secondary N) is 1. The topological polar surface area (TPSA) is 107 Å². The third-order valence-corrected chi connectivity index (χ3v) is 7.31. The van der Waals surface area contributed by atoms with Gasteiger partial charge in [0.25, 0.3) is 0 Å². The van der Waals surface area contributed by atoms with Gasteiger partial charge in [0, 0.05) is 6.04 Å². The number of benzene rings is 1. The Hall–Kier alpha value is -2.59. The van der Waals surface area contributed by atoms with E-state index >= 15 is 0 Å². The van der Waals surface area contributed by atoms with Crippen LogP contribution in [0.1, 0.15) is 12.0 Å². The van der Waals surface area contributed by atoms with Gasteiger partial charge in [0.1, 0.15) is 0 Å². The SMILES string of the molecule is O=C(CSc1nnc(-c2ccco2)n1Cc1ccccc1)NC1CCS(=O)(=O)C1. The molecule has 0 bridgehead atoms. The van der Waals surface area contributed by atoms with Gasteiger partial charge in [-0.2, -0.15) is 0 Å². The summed E-state index contributed by atoms with van der Waals surface area (Å²) in [6, 6.07) is 13.2. The average Bonchev–Trinajstić information content (AvgIpc) is 3.42. The summed E-state index contributed by atoms with van der Waals surface area (Å²) in [5.41, 5.74) is 1.07. The lowest BCUT2D eigenvalue weighted by atomic mass is 10.2. The molecule has 4 rings (SSSR count). The van der Waals surface area contributed by atoms with Gasteiger partial charge in [-0.1, -0.05) is 42.1 Å². The minimum absolute atomic E-state index is 0.0102. The fraction of sp³-hybridized carbons (Fsp3) is 0.316. The minimum Gasteiger partial charge on any atom is -0.461 e. The monoisotopic (exact) mass is 432 g/mol. The number of hydrogen-bond donors (Lipinski definition) is 1. The summed E-state index contributed by atoms with van der Waals surface area (Å²) in [7, 11) is -3.03. The Morgan fingerprint density at radius 1 is 1.21 bits per heavy atom. The van der Waals surface area contributed by atoms with Crippen molar-refractivity contribution in [2.45, 2.75) is 24.2 Å². The van der Waals surface area contributed by atoms with Crippen LogP contribution in [0.15, 0.2) is 58.3 Å². The summed E-state index contributed by atoms with van der Waals surface area (Å²) < 4.78 is 30.5. The lowest BCUT2D eigenvalue weighted by Crippen LogP contribution is -2.36. The molecule has 1 amide bonds. The summed E-state index contributed by atoms with van der Waals surface area (Å²) in [5, 5.41) is 11.9. The number of sulfone groups is 1. The van der Waals surface area contributed by atoms with Crippen molar-refractivity contribution < 1.29 is 17.6 Å². The zero-order valence-corrected chi connectivity index (χ0v) is 17.2. The average molecular weight is 433 g/mol. The molecule has 1 N–H and O–H groups in total. The molecule has 1 atom stereocenters. The predicted molar refractivity (Wildman–Crippen MR) is 109 cm³/mol. The molecule has 1 saturated heterocycles. The maximum Gasteiger partial charge on any atom is 0.230 e. The van der Waals surface area contributed by atoms with E-state index in [1.165, 1.54) is 11.8 Å². The van der Waals surface area contributed by atoms with Gasteiger partial charge in [0.2, 0.25) is 11.7 Å². The molecule has 3 heterocycles. The zero-order chi connectivity index (χ0) is 20.3. The molecule has 1 fully saturated rings. The van der Waals surface area contributed by atoms with Gasteiger partial charge in [0.15, 0.2) is 20.8 Å². The molecule has 0 aliphatic carbocycles. The molecule has 1 aliphatic rings. The number of thioether (sulfide) groups is 1. The quantitative estimate of drug-likeness (QED) is 0.569. The molecule has 1 aromatic carbocycles. The first-order valence-electron chi connectivity index (χ1n) is 9.14. The molecule has 1 aliphatic heterocycles. The van der Waals surface area contributed by atoms with Crippen molar-refractivity contribution in [3.05, 3.63) is 54.3 Å². The Morgan fingerprint density at radius 3 is 2.72 bits per heavy atom. The highest BCUT2D eigenvalue weighted by Gasteiger charge is 2.29. The molecule has 0 saturated carbocycles. The van der Waals surface area contributed by atoms with Crippen molar-refractivity contribution in [3.8, 4) is 11.6 Å². The molecule has 0 spiro atoms. The Kier molecular flexibility index (Phi) is 5.72. The van der Waals surface area contributed by atoms with E-state index in [0.29, 0.717) is 29.7 Å². The van der Waals surface area contributed by atoms with Crippen LogP contribution in [-0.4, -0.2) is 52.4 Å². The predicted octanol–water partition coefficient (Wildman–Crippen LogP) is 1.98. The summed E-state index contributed by atoms with van der Waals surface area (Å²) >= 11 is 1.26. The highest BCUT2D eigenvalue weighted by Crippen LogP contribution is 2.25. The number of nitrogens with zero attached hydrogens (tertiary/aromatic N) is 3. The largest absolute Gasteiger partial charge is 0.461 e. The molecule has 2 aromatic heterocycles. The fourth-order valence-electron chi connectivity index (χ4n) is 3.20. The van der Waals surface area contributed by atoms with Crippen LogP contribution >= 0.6 is 11.8 Å². The van der Waals surface area contributed by atoms with Crippen molar-refractivity contribution in [1.29, 1.82) is 0 Å². The van der Waals surface area contributed by atoms with Gasteiger partial charge < -0.3 is 9.73 Å². The van der Waals surface area contributed by atoms with Crippen molar-refractivity contribution in [2.24, 2.45) is 0 Å². The Balaban J connectivity index is 1.47. The number of hydrogen-bond acceptors (Lipinski definition) is 7. The Morgan fingerprint density at radius 2 is 2.03 bits per heavy atom. The maximum absolute atomic E-state index is 12.3.